The molecule has 1 aromatic carbocycles. The summed E-state index contributed by atoms with van der Waals surface area (Å²) in [5.74, 6) is 0.815. The highest BCUT2D eigenvalue weighted by atomic mass is 35.5. The van der Waals surface area contributed by atoms with Crippen LogP contribution in [0, 0.1) is 0 Å². The number of hydrogen-bond donors (Lipinski definition) is 2. The van der Waals surface area contributed by atoms with E-state index in [0.717, 1.165) is 0 Å². The average Bonchev–Trinajstić information content (AvgIpc) is 2.45. The Morgan fingerprint density at radius 3 is 1.45 bits per heavy atom. The molecule has 0 fully saturated rings. The second-order valence-electron chi connectivity index (χ2n) is 4.26. The standard InChI is InChI=1S/C14H18Cl2N2O2/c15-9-1-3-13(19)17-11-5-7-12(8-6-11)18-14(20)4-2-10-16/h5-8H,1-4,9-10H2,(H,17,19)(H,18,20). The minimum Gasteiger partial charge on any atom is -0.326 e. The predicted molar refractivity (Wildman–Crippen MR) is 83.6 cm³/mol. The van der Waals surface area contributed by atoms with E-state index in [9.17, 15) is 9.59 Å². The van der Waals surface area contributed by atoms with Crippen molar-refractivity contribution in [3.8, 4) is 0 Å². The zero-order valence-electron chi connectivity index (χ0n) is 11.1. The van der Waals surface area contributed by atoms with E-state index in [1.54, 1.807) is 24.3 Å². The number of anilines is 2. The summed E-state index contributed by atoms with van der Waals surface area (Å²) in [6, 6.07) is 6.98. The van der Waals surface area contributed by atoms with Gasteiger partial charge in [0.25, 0.3) is 0 Å². The lowest BCUT2D eigenvalue weighted by Gasteiger charge is -2.07. The maximum absolute atomic E-state index is 11.5. The van der Waals surface area contributed by atoms with Crippen LogP contribution in [0.15, 0.2) is 24.3 Å². The van der Waals surface area contributed by atoms with Gasteiger partial charge >= 0.3 is 0 Å². The summed E-state index contributed by atoms with van der Waals surface area (Å²) in [7, 11) is 0. The Morgan fingerprint density at radius 2 is 1.15 bits per heavy atom. The van der Waals surface area contributed by atoms with E-state index in [1.807, 2.05) is 0 Å². The fraction of sp³-hybridized carbons (Fsp3) is 0.429. The monoisotopic (exact) mass is 316 g/mol. The first kappa shape index (κ1) is 16.8. The SMILES string of the molecule is O=C(CCCCl)Nc1ccc(NC(=O)CCCCl)cc1. The third-order valence-electron chi connectivity index (χ3n) is 2.53. The quantitative estimate of drug-likeness (QED) is 0.720. The summed E-state index contributed by atoms with van der Waals surface area (Å²) in [5, 5.41) is 5.53. The van der Waals surface area contributed by atoms with Gasteiger partial charge in [0.2, 0.25) is 11.8 Å². The number of nitrogens with one attached hydrogen (secondary N) is 2. The fourth-order valence-electron chi connectivity index (χ4n) is 1.54. The zero-order chi connectivity index (χ0) is 14.8. The van der Waals surface area contributed by atoms with Gasteiger partial charge in [-0.3, -0.25) is 9.59 Å². The Balaban J connectivity index is 2.43. The number of rotatable bonds is 8. The third kappa shape index (κ3) is 6.78. The molecule has 4 nitrogen and oxygen atoms in total. The highest BCUT2D eigenvalue weighted by Crippen LogP contribution is 2.14. The smallest absolute Gasteiger partial charge is 0.224 e. The first-order valence-corrected chi connectivity index (χ1v) is 7.54. The molecule has 0 aliphatic heterocycles. The molecule has 0 radical (unpaired) electrons. The van der Waals surface area contributed by atoms with Crippen LogP contribution in [0.1, 0.15) is 25.7 Å². The van der Waals surface area contributed by atoms with Crippen LogP contribution >= 0.6 is 23.2 Å². The van der Waals surface area contributed by atoms with Gasteiger partial charge in [-0.2, -0.15) is 0 Å². The summed E-state index contributed by atoms with van der Waals surface area (Å²) >= 11 is 11.1. The molecular weight excluding hydrogens is 299 g/mol. The number of carbonyl (C=O) groups excluding carboxylic acids is 2. The fourth-order valence-corrected chi connectivity index (χ4v) is 1.81. The highest BCUT2D eigenvalue weighted by molar-refractivity contribution is 6.18. The summed E-state index contributed by atoms with van der Waals surface area (Å²) in [5.41, 5.74) is 1.40. The van der Waals surface area contributed by atoms with Crippen LogP contribution < -0.4 is 10.6 Å². The van der Waals surface area contributed by atoms with Gasteiger partial charge in [-0.15, -0.1) is 23.2 Å². The van der Waals surface area contributed by atoms with Crippen LogP contribution in [0.2, 0.25) is 0 Å². The normalized spacial score (nSPS) is 10.1. The molecule has 2 N–H and O–H groups in total. The Kier molecular flexibility index (Phi) is 8.07. The van der Waals surface area contributed by atoms with Crippen LogP contribution in [0.25, 0.3) is 0 Å². The van der Waals surface area contributed by atoms with Crippen molar-refractivity contribution in [1.82, 2.24) is 0 Å². The molecule has 1 rings (SSSR count). The largest absolute Gasteiger partial charge is 0.326 e. The summed E-state index contributed by atoms with van der Waals surface area (Å²) in [6.07, 6.45) is 2.12. The van der Waals surface area contributed by atoms with Gasteiger partial charge in [0.1, 0.15) is 0 Å². The highest BCUT2D eigenvalue weighted by Gasteiger charge is 2.04. The van der Waals surface area contributed by atoms with Crippen LogP contribution in [0.4, 0.5) is 11.4 Å². The lowest BCUT2D eigenvalue weighted by molar-refractivity contribution is -0.117. The van der Waals surface area contributed by atoms with Crippen LogP contribution in [-0.2, 0) is 9.59 Å². The van der Waals surface area contributed by atoms with Gasteiger partial charge in [0, 0.05) is 36.0 Å². The van der Waals surface area contributed by atoms with Crippen molar-refractivity contribution in [3.05, 3.63) is 24.3 Å². The van der Waals surface area contributed by atoms with Crippen molar-refractivity contribution in [2.24, 2.45) is 0 Å². The van der Waals surface area contributed by atoms with Crippen molar-refractivity contribution in [2.75, 3.05) is 22.4 Å². The molecule has 0 saturated carbocycles. The zero-order valence-corrected chi connectivity index (χ0v) is 12.6. The molecule has 0 heterocycles. The van der Waals surface area contributed by atoms with Crippen molar-refractivity contribution in [1.29, 1.82) is 0 Å². The molecule has 20 heavy (non-hydrogen) atoms. The lowest BCUT2D eigenvalue weighted by atomic mass is 10.2. The van der Waals surface area contributed by atoms with E-state index in [4.69, 9.17) is 23.2 Å². The average molecular weight is 317 g/mol. The van der Waals surface area contributed by atoms with Crippen LogP contribution in [0.3, 0.4) is 0 Å². The van der Waals surface area contributed by atoms with E-state index in [-0.39, 0.29) is 11.8 Å². The third-order valence-corrected chi connectivity index (χ3v) is 3.06. The molecule has 1 aromatic rings. The molecule has 0 spiro atoms. The van der Waals surface area contributed by atoms with Gasteiger partial charge in [0.05, 0.1) is 0 Å². The number of hydrogen-bond acceptors (Lipinski definition) is 2. The predicted octanol–water partition coefficient (Wildman–Crippen LogP) is 3.60. The lowest BCUT2D eigenvalue weighted by Crippen LogP contribution is -2.12. The van der Waals surface area contributed by atoms with Gasteiger partial charge < -0.3 is 10.6 Å². The Bertz CT molecular complexity index is 394. The van der Waals surface area contributed by atoms with E-state index in [2.05, 4.69) is 10.6 Å². The van der Waals surface area contributed by atoms with Crippen LogP contribution in [0.5, 0.6) is 0 Å². The van der Waals surface area contributed by atoms with Gasteiger partial charge in [-0.05, 0) is 37.1 Å². The molecule has 0 bridgehead atoms. The van der Waals surface area contributed by atoms with Crippen molar-refractivity contribution in [2.45, 2.75) is 25.7 Å². The number of benzene rings is 1. The Labute approximate surface area is 128 Å². The molecule has 0 aliphatic carbocycles. The second kappa shape index (κ2) is 9.61. The molecule has 110 valence electrons. The van der Waals surface area contributed by atoms with Crippen LogP contribution in [-0.4, -0.2) is 23.6 Å². The van der Waals surface area contributed by atoms with E-state index in [1.165, 1.54) is 0 Å². The van der Waals surface area contributed by atoms with Gasteiger partial charge in [-0.1, -0.05) is 0 Å². The van der Waals surface area contributed by atoms with Crippen molar-refractivity contribution >= 4 is 46.4 Å². The number of halogens is 2. The maximum atomic E-state index is 11.5. The van der Waals surface area contributed by atoms with Crippen molar-refractivity contribution in [3.63, 3.8) is 0 Å². The van der Waals surface area contributed by atoms with E-state index >= 15 is 0 Å². The molecule has 0 atom stereocenters. The molecule has 2 amide bonds. The Hall–Kier alpha value is -1.26. The van der Waals surface area contributed by atoms with E-state index < -0.39 is 0 Å². The molecule has 0 aromatic heterocycles. The summed E-state index contributed by atoms with van der Waals surface area (Å²) < 4.78 is 0. The summed E-state index contributed by atoms with van der Waals surface area (Å²) in [6.45, 7) is 0. The second-order valence-corrected chi connectivity index (χ2v) is 5.01. The topological polar surface area (TPSA) is 58.2 Å². The molecule has 0 unspecified atom stereocenters. The van der Waals surface area contributed by atoms with Gasteiger partial charge in [0.15, 0.2) is 0 Å². The minimum absolute atomic E-state index is 0.0652. The number of carbonyl (C=O) groups is 2. The number of alkyl halides is 2. The van der Waals surface area contributed by atoms with E-state index in [0.29, 0.717) is 48.8 Å². The first-order valence-electron chi connectivity index (χ1n) is 6.47. The number of amides is 2. The first-order chi connectivity index (χ1) is 9.65. The van der Waals surface area contributed by atoms with Crippen molar-refractivity contribution < 1.29 is 9.59 Å². The molecule has 6 heteroatoms. The van der Waals surface area contributed by atoms with Gasteiger partial charge in [-0.25, -0.2) is 0 Å². The molecule has 0 saturated heterocycles. The molecular formula is C14H18Cl2N2O2. The molecule has 0 aliphatic rings. The minimum atomic E-state index is -0.0652. The summed E-state index contributed by atoms with van der Waals surface area (Å²) in [4.78, 5) is 23.0. The maximum Gasteiger partial charge on any atom is 0.224 e. The Morgan fingerprint density at radius 1 is 0.800 bits per heavy atom.